The van der Waals surface area contributed by atoms with Crippen LogP contribution in [0.3, 0.4) is 0 Å². The number of pyridine rings is 1. The fourth-order valence-corrected chi connectivity index (χ4v) is 3.32. The molecule has 0 N–H and O–H groups in total. The third-order valence-corrected chi connectivity index (χ3v) is 5.11. The molecule has 7 heteroatoms. The smallest absolute Gasteiger partial charge is 0.138 e. The standard InChI is InChI=1S/C15H13BrClN5/c16-11-6-13-10(5-12(11)17)14(22-9-18-8-19-22)7-15(20-13)21-3-1-2-4-21/h5-9H,1-4H2. The molecule has 3 aromatic rings. The van der Waals surface area contributed by atoms with Gasteiger partial charge in [-0.15, -0.1) is 0 Å². The summed E-state index contributed by atoms with van der Waals surface area (Å²) in [6.07, 6.45) is 5.64. The van der Waals surface area contributed by atoms with E-state index in [1.807, 2.05) is 12.1 Å². The van der Waals surface area contributed by atoms with Crippen molar-refractivity contribution in [1.29, 1.82) is 0 Å². The van der Waals surface area contributed by atoms with E-state index in [1.54, 1.807) is 11.0 Å². The maximum atomic E-state index is 6.26. The van der Waals surface area contributed by atoms with Crippen LogP contribution in [0.1, 0.15) is 12.8 Å². The number of benzene rings is 1. The van der Waals surface area contributed by atoms with Gasteiger partial charge in [-0.25, -0.2) is 14.6 Å². The fraction of sp³-hybridized carbons (Fsp3) is 0.267. The Bertz CT molecular complexity index is 828. The Kier molecular flexibility index (Phi) is 3.50. The molecular formula is C15H13BrClN5. The van der Waals surface area contributed by atoms with Gasteiger partial charge in [-0.3, -0.25) is 0 Å². The molecule has 0 bridgehead atoms. The van der Waals surface area contributed by atoms with Crippen molar-refractivity contribution in [2.24, 2.45) is 0 Å². The Morgan fingerprint density at radius 3 is 2.68 bits per heavy atom. The largest absolute Gasteiger partial charge is 0.357 e. The van der Waals surface area contributed by atoms with Crippen LogP contribution in [0, 0.1) is 0 Å². The summed E-state index contributed by atoms with van der Waals surface area (Å²) in [5.74, 6) is 0.977. The van der Waals surface area contributed by atoms with Gasteiger partial charge >= 0.3 is 0 Å². The van der Waals surface area contributed by atoms with Crippen LogP contribution in [0.5, 0.6) is 0 Å². The molecule has 0 radical (unpaired) electrons. The number of nitrogens with zero attached hydrogens (tertiary/aromatic N) is 5. The highest BCUT2D eigenvalue weighted by Crippen LogP contribution is 2.33. The molecule has 1 saturated heterocycles. The maximum Gasteiger partial charge on any atom is 0.138 e. The van der Waals surface area contributed by atoms with Crippen LogP contribution < -0.4 is 4.90 Å². The van der Waals surface area contributed by atoms with E-state index in [4.69, 9.17) is 16.6 Å². The fourth-order valence-electron chi connectivity index (χ4n) is 2.82. The molecule has 5 nitrogen and oxygen atoms in total. The molecule has 1 aliphatic rings. The first-order valence-electron chi connectivity index (χ1n) is 7.12. The van der Waals surface area contributed by atoms with E-state index < -0.39 is 0 Å². The average molecular weight is 379 g/mol. The van der Waals surface area contributed by atoms with Crippen LogP contribution in [0.4, 0.5) is 5.82 Å². The lowest BCUT2D eigenvalue weighted by Gasteiger charge is -2.19. The second-order valence-corrected chi connectivity index (χ2v) is 6.58. The zero-order chi connectivity index (χ0) is 15.1. The Morgan fingerprint density at radius 2 is 1.95 bits per heavy atom. The number of anilines is 1. The van der Waals surface area contributed by atoms with E-state index in [0.29, 0.717) is 5.02 Å². The van der Waals surface area contributed by atoms with Gasteiger partial charge in [0, 0.05) is 29.0 Å². The maximum absolute atomic E-state index is 6.26. The lowest BCUT2D eigenvalue weighted by Crippen LogP contribution is -2.19. The summed E-state index contributed by atoms with van der Waals surface area (Å²) < 4.78 is 2.60. The van der Waals surface area contributed by atoms with Crippen LogP contribution >= 0.6 is 27.5 Å². The third-order valence-electron chi connectivity index (χ3n) is 3.91. The minimum atomic E-state index is 0.657. The van der Waals surface area contributed by atoms with Crippen molar-refractivity contribution in [2.75, 3.05) is 18.0 Å². The van der Waals surface area contributed by atoms with E-state index in [0.717, 1.165) is 40.0 Å². The van der Waals surface area contributed by atoms with Crippen molar-refractivity contribution < 1.29 is 0 Å². The van der Waals surface area contributed by atoms with E-state index in [-0.39, 0.29) is 0 Å². The van der Waals surface area contributed by atoms with Crippen molar-refractivity contribution in [3.63, 3.8) is 0 Å². The molecule has 112 valence electrons. The van der Waals surface area contributed by atoms with Gasteiger partial charge in [0.05, 0.1) is 16.2 Å². The van der Waals surface area contributed by atoms with Gasteiger partial charge in [0.1, 0.15) is 18.5 Å². The molecule has 0 spiro atoms. The van der Waals surface area contributed by atoms with Gasteiger partial charge in [0.2, 0.25) is 0 Å². The molecule has 22 heavy (non-hydrogen) atoms. The zero-order valence-electron chi connectivity index (χ0n) is 11.7. The Morgan fingerprint density at radius 1 is 1.14 bits per heavy atom. The summed E-state index contributed by atoms with van der Waals surface area (Å²) in [5.41, 5.74) is 1.84. The Balaban J connectivity index is 1.98. The Labute approximate surface area is 141 Å². The topological polar surface area (TPSA) is 46.8 Å². The molecule has 0 saturated carbocycles. The lowest BCUT2D eigenvalue weighted by atomic mass is 10.2. The molecule has 1 aromatic carbocycles. The molecular weight excluding hydrogens is 366 g/mol. The van der Waals surface area contributed by atoms with Crippen LogP contribution in [0.25, 0.3) is 16.6 Å². The van der Waals surface area contributed by atoms with Gasteiger partial charge in [-0.05, 0) is 40.9 Å². The molecule has 0 atom stereocenters. The molecule has 1 aliphatic heterocycles. The second-order valence-electron chi connectivity index (χ2n) is 5.32. The molecule has 2 aromatic heterocycles. The van der Waals surface area contributed by atoms with E-state index in [1.165, 1.54) is 19.2 Å². The van der Waals surface area contributed by atoms with Gasteiger partial charge in [-0.2, -0.15) is 5.10 Å². The molecule has 4 rings (SSSR count). The second kappa shape index (κ2) is 5.52. The monoisotopic (exact) mass is 377 g/mol. The summed E-state index contributed by atoms with van der Waals surface area (Å²) in [5, 5.41) is 5.88. The van der Waals surface area contributed by atoms with E-state index in [9.17, 15) is 0 Å². The van der Waals surface area contributed by atoms with Crippen LogP contribution in [0.2, 0.25) is 5.02 Å². The summed E-state index contributed by atoms with van der Waals surface area (Å²) >= 11 is 9.73. The minimum absolute atomic E-state index is 0.657. The number of rotatable bonds is 2. The quantitative estimate of drug-likeness (QED) is 0.680. The van der Waals surface area contributed by atoms with E-state index in [2.05, 4.69) is 37.0 Å². The predicted molar refractivity (Wildman–Crippen MR) is 90.8 cm³/mol. The van der Waals surface area contributed by atoms with Crippen LogP contribution in [0.15, 0.2) is 35.3 Å². The molecule has 3 heterocycles. The number of hydrogen-bond acceptors (Lipinski definition) is 4. The van der Waals surface area contributed by atoms with E-state index >= 15 is 0 Å². The summed E-state index contributed by atoms with van der Waals surface area (Å²) in [6.45, 7) is 2.09. The normalized spacial score (nSPS) is 14.9. The van der Waals surface area contributed by atoms with Gasteiger partial charge in [0.25, 0.3) is 0 Å². The highest BCUT2D eigenvalue weighted by atomic mass is 79.9. The van der Waals surface area contributed by atoms with Crippen LogP contribution in [-0.4, -0.2) is 32.8 Å². The first-order valence-corrected chi connectivity index (χ1v) is 8.29. The summed E-state index contributed by atoms with van der Waals surface area (Å²) in [7, 11) is 0. The number of hydrogen-bond donors (Lipinski definition) is 0. The molecule has 0 aliphatic carbocycles. The van der Waals surface area contributed by atoms with Gasteiger partial charge < -0.3 is 4.90 Å². The molecule has 1 fully saturated rings. The SMILES string of the molecule is Clc1cc2c(-n3cncn3)cc(N3CCCC3)nc2cc1Br. The summed E-state index contributed by atoms with van der Waals surface area (Å²) in [4.78, 5) is 11.2. The van der Waals surface area contributed by atoms with Crippen molar-refractivity contribution >= 4 is 44.3 Å². The van der Waals surface area contributed by atoms with Gasteiger partial charge in [-0.1, -0.05) is 11.6 Å². The van der Waals surface area contributed by atoms with Crippen molar-refractivity contribution in [1.82, 2.24) is 19.7 Å². The lowest BCUT2D eigenvalue weighted by molar-refractivity contribution is 0.877. The number of aromatic nitrogens is 4. The third kappa shape index (κ3) is 2.36. The zero-order valence-corrected chi connectivity index (χ0v) is 14.0. The van der Waals surface area contributed by atoms with Crippen molar-refractivity contribution in [3.05, 3.63) is 40.3 Å². The summed E-state index contributed by atoms with van der Waals surface area (Å²) in [6, 6.07) is 5.93. The first-order chi connectivity index (χ1) is 10.7. The van der Waals surface area contributed by atoms with Crippen molar-refractivity contribution in [3.8, 4) is 5.69 Å². The van der Waals surface area contributed by atoms with Crippen molar-refractivity contribution in [2.45, 2.75) is 12.8 Å². The minimum Gasteiger partial charge on any atom is -0.357 e. The predicted octanol–water partition coefficient (Wildman–Crippen LogP) is 3.83. The van der Waals surface area contributed by atoms with Gasteiger partial charge in [0.15, 0.2) is 0 Å². The first kappa shape index (κ1) is 14.0. The molecule has 0 unspecified atom stereocenters. The van der Waals surface area contributed by atoms with Crippen LogP contribution in [-0.2, 0) is 0 Å². The highest BCUT2D eigenvalue weighted by molar-refractivity contribution is 9.10. The highest BCUT2D eigenvalue weighted by Gasteiger charge is 2.17. The molecule has 0 amide bonds. The Hall–Kier alpha value is -1.66. The average Bonchev–Trinajstić information content (AvgIpc) is 3.21. The number of halogens is 2. The number of fused-ring (bicyclic) bond motifs is 1.